The fraction of sp³-hybridized carbons (Fsp3) is 0.571. The maximum absolute atomic E-state index is 13.5. The average molecular weight is 372 g/mol. The number of aromatic nitrogens is 1. The van der Waals surface area contributed by atoms with E-state index in [9.17, 15) is 4.39 Å². The maximum Gasteiger partial charge on any atom is 0.191 e. The summed E-state index contributed by atoms with van der Waals surface area (Å²) in [5, 5.41) is 7.93. The van der Waals surface area contributed by atoms with Crippen LogP contribution in [-0.2, 0) is 11.2 Å². The highest BCUT2D eigenvalue weighted by atomic mass is 19.1. The van der Waals surface area contributed by atoms with Crippen LogP contribution >= 0.6 is 0 Å². The van der Waals surface area contributed by atoms with E-state index in [-0.39, 0.29) is 11.2 Å². The molecule has 1 saturated heterocycles. The Morgan fingerprint density at radius 3 is 3.07 bits per heavy atom. The normalized spacial score (nSPS) is 26.7. The van der Waals surface area contributed by atoms with Crippen molar-refractivity contribution in [2.45, 2.75) is 45.8 Å². The van der Waals surface area contributed by atoms with Crippen molar-refractivity contribution in [1.82, 2.24) is 15.6 Å². The molecule has 2 fully saturated rings. The third-order valence-electron chi connectivity index (χ3n) is 6.12. The second kappa shape index (κ2) is 7.15. The van der Waals surface area contributed by atoms with E-state index >= 15 is 0 Å². The molecule has 2 aliphatic rings. The second-order valence-electron chi connectivity index (χ2n) is 8.20. The van der Waals surface area contributed by atoms with Gasteiger partial charge in [0.05, 0.1) is 6.10 Å². The predicted octanol–water partition coefficient (Wildman–Crippen LogP) is 3.22. The summed E-state index contributed by atoms with van der Waals surface area (Å²) in [7, 11) is 0. The van der Waals surface area contributed by atoms with Gasteiger partial charge in [-0.15, -0.1) is 0 Å². The number of guanidine groups is 1. The molecule has 5 nitrogen and oxygen atoms in total. The van der Waals surface area contributed by atoms with Crippen LogP contribution in [0.2, 0.25) is 0 Å². The first-order chi connectivity index (χ1) is 13.0. The fourth-order valence-corrected chi connectivity index (χ4v) is 4.73. The number of benzene rings is 1. The van der Waals surface area contributed by atoms with Crippen LogP contribution in [0.25, 0.3) is 10.9 Å². The molecule has 2 heterocycles. The number of rotatable bonds is 5. The maximum atomic E-state index is 13.5. The van der Waals surface area contributed by atoms with E-state index in [1.54, 1.807) is 12.1 Å². The van der Waals surface area contributed by atoms with Gasteiger partial charge in [0.25, 0.3) is 0 Å². The summed E-state index contributed by atoms with van der Waals surface area (Å²) < 4.78 is 19.4. The first-order valence-corrected chi connectivity index (χ1v) is 9.92. The molecular weight excluding hydrogens is 343 g/mol. The van der Waals surface area contributed by atoms with Gasteiger partial charge in [-0.05, 0) is 43.5 Å². The molecule has 3 N–H and O–H groups in total. The molecule has 4 rings (SSSR count). The molecule has 146 valence electrons. The van der Waals surface area contributed by atoms with Gasteiger partial charge in [-0.25, -0.2) is 4.39 Å². The minimum atomic E-state index is -0.206. The highest BCUT2D eigenvalue weighted by molar-refractivity contribution is 5.83. The Morgan fingerprint density at radius 2 is 2.26 bits per heavy atom. The highest BCUT2D eigenvalue weighted by Gasteiger charge is 2.59. The summed E-state index contributed by atoms with van der Waals surface area (Å²) in [6, 6.07) is 5.23. The van der Waals surface area contributed by atoms with Crippen LogP contribution in [-0.4, -0.2) is 42.8 Å². The molecular formula is C21H29FN4O. The predicted molar refractivity (Wildman–Crippen MR) is 106 cm³/mol. The molecule has 3 atom stereocenters. The van der Waals surface area contributed by atoms with Gasteiger partial charge in [-0.1, -0.05) is 13.8 Å². The van der Waals surface area contributed by atoms with Gasteiger partial charge >= 0.3 is 0 Å². The summed E-state index contributed by atoms with van der Waals surface area (Å²) >= 11 is 0. The molecule has 1 aliphatic carbocycles. The number of aromatic amines is 1. The Labute approximate surface area is 159 Å². The van der Waals surface area contributed by atoms with E-state index in [0.717, 1.165) is 48.4 Å². The van der Waals surface area contributed by atoms with Crippen molar-refractivity contribution >= 4 is 16.9 Å². The number of halogens is 1. The van der Waals surface area contributed by atoms with Crippen molar-refractivity contribution in [1.29, 1.82) is 0 Å². The van der Waals surface area contributed by atoms with Crippen molar-refractivity contribution in [2.75, 3.05) is 19.7 Å². The number of nitrogens with one attached hydrogen (secondary N) is 3. The van der Waals surface area contributed by atoms with Gasteiger partial charge in [-0.3, -0.25) is 4.99 Å². The topological polar surface area (TPSA) is 61.4 Å². The third-order valence-corrected chi connectivity index (χ3v) is 6.12. The molecule has 3 unspecified atom stereocenters. The Balaban J connectivity index is 1.43. The van der Waals surface area contributed by atoms with Gasteiger partial charge in [0, 0.05) is 54.2 Å². The molecule has 1 saturated carbocycles. The number of H-pyrrole nitrogens is 1. The molecule has 0 amide bonds. The van der Waals surface area contributed by atoms with E-state index in [0.29, 0.717) is 24.6 Å². The Bertz CT molecular complexity index is 844. The van der Waals surface area contributed by atoms with Crippen LogP contribution in [0, 0.1) is 17.2 Å². The van der Waals surface area contributed by atoms with Crippen molar-refractivity contribution in [2.24, 2.45) is 16.3 Å². The van der Waals surface area contributed by atoms with Crippen LogP contribution in [0.5, 0.6) is 0 Å². The molecule has 1 aromatic carbocycles. The highest BCUT2D eigenvalue weighted by Crippen LogP contribution is 2.52. The zero-order valence-electron chi connectivity index (χ0n) is 16.3. The minimum absolute atomic E-state index is 0.117. The van der Waals surface area contributed by atoms with E-state index in [1.807, 2.05) is 6.20 Å². The van der Waals surface area contributed by atoms with Gasteiger partial charge < -0.3 is 20.4 Å². The lowest BCUT2D eigenvalue weighted by molar-refractivity contribution is -0.106. The number of fused-ring (bicyclic) bond motifs is 2. The molecule has 2 aromatic rings. The Kier molecular flexibility index (Phi) is 4.84. The number of hydrogen-bond donors (Lipinski definition) is 3. The zero-order chi connectivity index (χ0) is 19.0. The number of ether oxygens (including phenoxy) is 1. The van der Waals surface area contributed by atoms with E-state index in [1.165, 1.54) is 6.07 Å². The number of aliphatic imine (C=N–C) groups is 1. The summed E-state index contributed by atoms with van der Waals surface area (Å²) in [6.45, 7) is 8.94. The third kappa shape index (κ3) is 3.31. The first-order valence-electron chi connectivity index (χ1n) is 9.92. The summed E-state index contributed by atoms with van der Waals surface area (Å²) in [5.74, 6) is 1.22. The largest absolute Gasteiger partial charge is 0.377 e. The van der Waals surface area contributed by atoms with Crippen LogP contribution in [0.15, 0.2) is 29.4 Å². The molecule has 27 heavy (non-hydrogen) atoms. The molecule has 1 aliphatic heterocycles. The fourth-order valence-electron chi connectivity index (χ4n) is 4.73. The van der Waals surface area contributed by atoms with Crippen molar-refractivity contribution in [3.63, 3.8) is 0 Å². The lowest BCUT2D eigenvalue weighted by Gasteiger charge is -2.54. The minimum Gasteiger partial charge on any atom is -0.377 e. The Hall–Kier alpha value is -2.08. The Morgan fingerprint density at radius 1 is 1.41 bits per heavy atom. The van der Waals surface area contributed by atoms with Crippen molar-refractivity contribution in [3.8, 4) is 0 Å². The van der Waals surface area contributed by atoms with Crippen LogP contribution < -0.4 is 10.6 Å². The second-order valence-corrected chi connectivity index (χ2v) is 8.20. The summed E-state index contributed by atoms with van der Waals surface area (Å²) in [5.41, 5.74) is 2.17. The van der Waals surface area contributed by atoms with Crippen LogP contribution in [0.1, 0.15) is 32.8 Å². The van der Waals surface area contributed by atoms with Gasteiger partial charge in [0.15, 0.2) is 5.96 Å². The average Bonchev–Trinajstić information content (AvgIpc) is 3.25. The summed E-state index contributed by atoms with van der Waals surface area (Å²) in [6.07, 6.45) is 4.20. The van der Waals surface area contributed by atoms with E-state index in [2.05, 4.69) is 36.4 Å². The first kappa shape index (κ1) is 18.3. The number of nitrogens with zero attached hydrogens (tertiary/aromatic N) is 1. The molecule has 0 radical (unpaired) electrons. The zero-order valence-corrected chi connectivity index (χ0v) is 16.3. The number of hydrogen-bond acceptors (Lipinski definition) is 2. The van der Waals surface area contributed by atoms with E-state index < -0.39 is 0 Å². The lowest BCUT2D eigenvalue weighted by atomic mass is 9.57. The monoisotopic (exact) mass is 372 g/mol. The van der Waals surface area contributed by atoms with Gasteiger partial charge in [0.2, 0.25) is 0 Å². The lowest BCUT2D eigenvalue weighted by Crippen LogP contribution is -2.68. The van der Waals surface area contributed by atoms with Crippen LogP contribution in [0.4, 0.5) is 4.39 Å². The standard InChI is InChI=1S/C21H29FN4O/c1-4-23-20(26-18-15-8-10-27-19(15)21(18,2)3)24-9-7-13-12-25-17-6-5-14(22)11-16(13)17/h5-6,11-12,15,18-19,25H,4,7-10H2,1-3H3,(H2,23,24,26). The van der Waals surface area contributed by atoms with Gasteiger partial charge in [-0.2, -0.15) is 0 Å². The quantitative estimate of drug-likeness (QED) is 0.558. The van der Waals surface area contributed by atoms with Gasteiger partial charge in [0.1, 0.15) is 5.82 Å². The smallest absolute Gasteiger partial charge is 0.191 e. The van der Waals surface area contributed by atoms with Crippen LogP contribution in [0.3, 0.4) is 0 Å². The molecule has 1 aromatic heterocycles. The molecule has 0 spiro atoms. The summed E-state index contributed by atoms with van der Waals surface area (Å²) in [4.78, 5) is 7.97. The SMILES string of the molecule is CCNC(=NCCc1c[nH]c2ccc(F)cc12)NC1C2CCOC2C1(C)C. The van der Waals surface area contributed by atoms with Crippen molar-refractivity contribution in [3.05, 3.63) is 35.8 Å². The van der Waals surface area contributed by atoms with E-state index in [4.69, 9.17) is 9.73 Å². The molecule has 6 heteroatoms. The molecule has 0 bridgehead atoms. The van der Waals surface area contributed by atoms with Crippen molar-refractivity contribution < 1.29 is 9.13 Å².